The monoisotopic (exact) mass is 532 g/mol. The van der Waals surface area contributed by atoms with Crippen molar-refractivity contribution in [1.29, 1.82) is 0 Å². The summed E-state index contributed by atoms with van der Waals surface area (Å²) < 4.78 is 0. The first kappa shape index (κ1) is 24.3. The standard InChI is InChI=1S/C42H28/c1-3-14-29(15-4-1)32-26-27-39-40(28-32)42(36-25-13-19-31-18-7-8-20-34(31)36)38-24-12-11-23-37(38)41(39)35-22-10-9-21-33(35)30-16-5-2-6-17-30/h1-28H. The zero-order chi connectivity index (χ0) is 27.9. The van der Waals surface area contributed by atoms with Crippen molar-refractivity contribution in [2.24, 2.45) is 0 Å². The minimum Gasteiger partial charge on any atom is -0.0622 e. The molecule has 0 aliphatic heterocycles. The van der Waals surface area contributed by atoms with Gasteiger partial charge in [-0.2, -0.15) is 0 Å². The zero-order valence-corrected chi connectivity index (χ0v) is 23.2. The van der Waals surface area contributed by atoms with E-state index < -0.39 is 0 Å². The summed E-state index contributed by atoms with van der Waals surface area (Å²) in [6.07, 6.45) is 0. The molecule has 0 aliphatic rings. The fraction of sp³-hybridized carbons (Fsp3) is 0. The van der Waals surface area contributed by atoms with Crippen molar-refractivity contribution in [3.05, 3.63) is 170 Å². The highest BCUT2D eigenvalue weighted by Gasteiger charge is 2.20. The van der Waals surface area contributed by atoms with E-state index in [2.05, 4.69) is 170 Å². The Hall–Kier alpha value is -5.46. The molecule has 0 heterocycles. The van der Waals surface area contributed by atoms with Crippen LogP contribution in [0.3, 0.4) is 0 Å². The number of rotatable bonds is 4. The van der Waals surface area contributed by atoms with E-state index in [0.717, 1.165) is 0 Å². The smallest absolute Gasteiger partial charge is 0.00199 e. The quantitative estimate of drug-likeness (QED) is 0.198. The Morgan fingerprint density at radius 2 is 0.738 bits per heavy atom. The molecule has 42 heavy (non-hydrogen) atoms. The molecule has 0 unspecified atom stereocenters. The normalized spacial score (nSPS) is 11.3. The van der Waals surface area contributed by atoms with E-state index in [9.17, 15) is 0 Å². The maximum Gasteiger partial charge on any atom is -0.00199 e. The van der Waals surface area contributed by atoms with Gasteiger partial charge in [0.2, 0.25) is 0 Å². The van der Waals surface area contributed by atoms with Gasteiger partial charge in [-0.05, 0) is 82.9 Å². The second kappa shape index (κ2) is 10.2. The van der Waals surface area contributed by atoms with Crippen LogP contribution in [0.4, 0.5) is 0 Å². The lowest BCUT2D eigenvalue weighted by Gasteiger charge is -2.21. The summed E-state index contributed by atoms with van der Waals surface area (Å²) in [7, 11) is 0. The highest BCUT2D eigenvalue weighted by Crippen LogP contribution is 2.48. The first-order chi connectivity index (χ1) is 20.9. The largest absolute Gasteiger partial charge is 0.0622 e. The van der Waals surface area contributed by atoms with Gasteiger partial charge in [0.15, 0.2) is 0 Å². The molecule has 0 atom stereocenters. The molecule has 8 aromatic rings. The molecule has 8 rings (SSSR count). The van der Waals surface area contributed by atoms with Crippen molar-refractivity contribution in [3.63, 3.8) is 0 Å². The van der Waals surface area contributed by atoms with E-state index in [1.54, 1.807) is 0 Å². The summed E-state index contributed by atoms with van der Waals surface area (Å²) in [4.78, 5) is 0. The van der Waals surface area contributed by atoms with E-state index in [0.29, 0.717) is 0 Å². The topological polar surface area (TPSA) is 0 Å². The molecule has 0 N–H and O–H groups in total. The Morgan fingerprint density at radius 3 is 1.48 bits per heavy atom. The molecule has 0 aromatic heterocycles. The fourth-order valence-electron chi connectivity index (χ4n) is 6.58. The molecule has 0 aliphatic carbocycles. The van der Waals surface area contributed by atoms with Crippen molar-refractivity contribution in [1.82, 2.24) is 0 Å². The Labute approximate surface area is 246 Å². The van der Waals surface area contributed by atoms with Gasteiger partial charge >= 0.3 is 0 Å². The summed E-state index contributed by atoms with van der Waals surface area (Å²) >= 11 is 0. The van der Waals surface area contributed by atoms with Crippen molar-refractivity contribution >= 4 is 32.3 Å². The second-order valence-corrected chi connectivity index (χ2v) is 10.9. The molecule has 0 saturated heterocycles. The third-order valence-electron chi connectivity index (χ3n) is 8.47. The average Bonchev–Trinajstić information content (AvgIpc) is 3.07. The minimum absolute atomic E-state index is 1.22. The molecule has 0 nitrogen and oxygen atoms in total. The van der Waals surface area contributed by atoms with Gasteiger partial charge in [0.05, 0.1) is 0 Å². The van der Waals surface area contributed by atoms with E-state index in [-0.39, 0.29) is 0 Å². The van der Waals surface area contributed by atoms with Crippen LogP contribution in [0.15, 0.2) is 170 Å². The predicted molar refractivity (Wildman–Crippen MR) is 181 cm³/mol. The summed E-state index contributed by atoms with van der Waals surface area (Å²) in [6, 6.07) is 61.7. The molecule has 0 saturated carbocycles. The van der Waals surface area contributed by atoms with Gasteiger partial charge < -0.3 is 0 Å². The molecule has 0 spiro atoms. The van der Waals surface area contributed by atoms with Gasteiger partial charge in [0.25, 0.3) is 0 Å². The van der Waals surface area contributed by atoms with Crippen LogP contribution in [0.5, 0.6) is 0 Å². The van der Waals surface area contributed by atoms with Gasteiger partial charge in [-0.1, -0.05) is 164 Å². The third kappa shape index (κ3) is 4.00. The molecule has 0 radical (unpaired) electrons. The SMILES string of the molecule is c1ccc(-c2ccc3c(-c4ccccc4-c4ccccc4)c4ccccc4c(-c4cccc5ccccc45)c3c2)cc1. The summed E-state index contributed by atoms with van der Waals surface area (Å²) in [5, 5.41) is 7.59. The van der Waals surface area contributed by atoms with Crippen molar-refractivity contribution in [3.8, 4) is 44.5 Å². The van der Waals surface area contributed by atoms with Crippen LogP contribution < -0.4 is 0 Å². The van der Waals surface area contributed by atoms with Crippen molar-refractivity contribution in [2.45, 2.75) is 0 Å². The molecule has 0 heteroatoms. The van der Waals surface area contributed by atoms with E-state index in [4.69, 9.17) is 0 Å². The Bertz CT molecular complexity index is 2220. The summed E-state index contributed by atoms with van der Waals surface area (Å²) in [5.41, 5.74) is 10.0. The maximum atomic E-state index is 2.41. The van der Waals surface area contributed by atoms with E-state index in [1.165, 1.54) is 76.8 Å². The molecule has 0 bridgehead atoms. The number of hydrogen-bond donors (Lipinski definition) is 0. The number of fused-ring (bicyclic) bond motifs is 3. The van der Waals surface area contributed by atoms with E-state index in [1.807, 2.05) is 0 Å². The maximum absolute atomic E-state index is 2.41. The van der Waals surface area contributed by atoms with E-state index >= 15 is 0 Å². The molecule has 8 aromatic carbocycles. The lowest BCUT2D eigenvalue weighted by Crippen LogP contribution is -1.94. The van der Waals surface area contributed by atoms with Crippen LogP contribution >= 0.6 is 0 Å². The zero-order valence-electron chi connectivity index (χ0n) is 23.2. The minimum atomic E-state index is 1.22. The van der Waals surface area contributed by atoms with Gasteiger partial charge in [0, 0.05) is 0 Å². The van der Waals surface area contributed by atoms with Gasteiger partial charge in [-0.3, -0.25) is 0 Å². The number of benzene rings is 8. The van der Waals surface area contributed by atoms with Gasteiger partial charge in [-0.15, -0.1) is 0 Å². The highest BCUT2D eigenvalue weighted by molar-refractivity contribution is 6.24. The van der Waals surface area contributed by atoms with Gasteiger partial charge in [0.1, 0.15) is 0 Å². The Kier molecular flexibility index (Phi) is 5.90. The van der Waals surface area contributed by atoms with Crippen LogP contribution in [0.25, 0.3) is 76.8 Å². The Morgan fingerprint density at radius 1 is 0.238 bits per heavy atom. The fourth-order valence-corrected chi connectivity index (χ4v) is 6.58. The predicted octanol–water partition coefficient (Wildman–Crippen LogP) is 11.8. The van der Waals surface area contributed by atoms with Crippen LogP contribution in [-0.2, 0) is 0 Å². The van der Waals surface area contributed by atoms with Crippen LogP contribution in [-0.4, -0.2) is 0 Å². The van der Waals surface area contributed by atoms with Crippen LogP contribution in [0.1, 0.15) is 0 Å². The summed E-state index contributed by atoms with van der Waals surface area (Å²) in [5.74, 6) is 0. The lowest BCUT2D eigenvalue weighted by atomic mass is 9.82. The third-order valence-corrected chi connectivity index (χ3v) is 8.47. The van der Waals surface area contributed by atoms with Crippen molar-refractivity contribution < 1.29 is 0 Å². The first-order valence-corrected chi connectivity index (χ1v) is 14.5. The second-order valence-electron chi connectivity index (χ2n) is 10.9. The molecule has 0 fully saturated rings. The lowest BCUT2D eigenvalue weighted by molar-refractivity contribution is 1.60. The molecular weight excluding hydrogens is 504 g/mol. The molecule has 0 amide bonds. The van der Waals surface area contributed by atoms with Crippen molar-refractivity contribution in [2.75, 3.05) is 0 Å². The Balaban J connectivity index is 1.55. The molecular formula is C42H28. The average molecular weight is 533 g/mol. The van der Waals surface area contributed by atoms with Crippen LogP contribution in [0, 0.1) is 0 Å². The molecule has 196 valence electrons. The highest BCUT2D eigenvalue weighted by atomic mass is 14.2. The van der Waals surface area contributed by atoms with Crippen LogP contribution in [0.2, 0.25) is 0 Å². The first-order valence-electron chi connectivity index (χ1n) is 14.5. The number of hydrogen-bond acceptors (Lipinski definition) is 0. The van der Waals surface area contributed by atoms with Gasteiger partial charge in [-0.25, -0.2) is 0 Å². The summed E-state index contributed by atoms with van der Waals surface area (Å²) in [6.45, 7) is 0.